The summed E-state index contributed by atoms with van der Waals surface area (Å²) in [6.45, 7) is 4.72. The Balaban J connectivity index is 1.95. The predicted molar refractivity (Wildman–Crippen MR) is 90.1 cm³/mol. The van der Waals surface area contributed by atoms with Crippen LogP contribution < -0.4 is 0 Å². The molecular formula is C16H23N3O4S. The molecule has 1 aromatic rings. The summed E-state index contributed by atoms with van der Waals surface area (Å²) in [5.41, 5.74) is 0. The van der Waals surface area contributed by atoms with Crippen molar-refractivity contribution >= 4 is 29.1 Å². The molecule has 132 valence electrons. The first-order valence-electron chi connectivity index (χ1n) is 8.01. The summed E-state index contributed by atoms with van der Waals surface area (Å²) in [4.78, 5) is 43.5. The number of carboxylic acids is 1. The van der Waals surface area contributed by atoms with E-state index in [1.165, 1.54) is 21.1 Å². The number of nitrogens with zero attached hydrogens (tertiary/aromatic N) is 3. The molecule has 2 heterocycles. The molecule has 1 aromatic heterocycles. The lowest BCUT2D eigenvalue weighted by atomic mass is 9.98. The van der Waals surface area contributed by atoms with Gasteiger partial charge in [-0.3, -0.25) is 14.4 Å². The zero-order chi connectivity index (χ0) is 17.9. The van der Waals surface area contributed by atoms with Gasteiger partial charge in [0, 0.05) is 26.1 Å². The summed E-state index contributed by atoms with van der Waals surface area (Å²) in [6.07, 6.45) is 2.81. The molecule has 2 rings (SSSR count). The quantitative estimate of drug-likeness (QED) is 0.869. The Morgan fingerprint density at radius 1 is 1.46 bits per heavy atom. The number of carbonyl (C=O) groups excluding carboxylic acids is 2. The van der Waals surface area contributed by atoms with Gasteiger partial charge in [-0.05, 0) is 12.8 Å². The smallest absolute Gasteiger partial charge is 0.308 e. The van der Waals surface area contributed by atoms with Gasteiger partial charge in [-0.25, -0.2) is 4.98 Å². The molecule has 0 spiro atoms. The standard InChI is InChI=1S/C16H23N3O4S/c1-10(2)14-17-7-12(24-14)15(21)18(3)9-13(20)19-6-4-5-11(8-19)16(22)23/h7,10-11H,4-6,8-9H2,1-3H3,(H,22,23). The van der Waals surface area contributed by atoms with Crippen LogP contribution in [-0.2, 0) is 9.59 Å². The Morgan fingerprint density at radius 2 is 2.17 bits per heavy atom. The van der Waals surface area contributed by atoms with Crippen molar-refractivity contribution in [2.45, 2.75) is 32.6 Å². The lowest BCUT2D eigenvalue weighted by Gasteiger charge is -2.31. The van der Waals surface area contributed by atoms with Crippen molar-refractivity contribution in [2.24, 2.45) is 5.92 Å². The summed E-state index contributed by atoms with van der Waals surface area (Å²) >= 11 is 1.34. The molecule has 0 bridgehead atoms. The Kier molecular flexibility index (Phi) is 5.93. The van der Waals surface area contributed by atoms with Crippen LogP contribution in [0, 0.1) is 5.92 Å². The number of amides is 2. The zero-order valence-corrected chi connectivity index (χ0v) is 15.0. The van der Waals surface area contributed by atoms with E-state index in [9.17, 15) is 14.4 Å². The van der Waals surface area contributed by atoms with Gasteiger partial charge in [0.2, 0.25) is 5.91 Å². The average Bonchev–Trinajstić information content (AvgIpc) is 3.04. The van der Waals surface area contributed by atoms with E-state index < -0.39 is 11.9 Å². The van der Waals surface area contributed by atoms with Crippen LogP contribution in [0.1, 0.15) is 47.3 Å². The molecule has 8 heteroatoms. The summed E-state index contributed by atoms with van der Waals surface area (Å²) in [5.74, 6) is -1.59. The third-order valence-electron chi connectivity index (χ3n) is 4.07. The van der Waals surface area contributed by atoms with Gasteiger partial charge in [0.1, 0.15) is 4.88 Å². The molecule has 1 atom stereocenters. The monoisotopic (exact) mass is 353 g/mol. The van der Waals surface area contributed by atoms with Crippen molar-refractivity contribution in [1.29, 1.82) is 0 Å². The number of thiazole rings is 1. The molecule has 1 fully saturated rings. The van der Waals surface area contributed by atoms with E-state index in [0.717, 1.165) is 5.01 Å². The Hall–Kier alpha value is -1.96. The highest BCUT2D eigenvalue weighted by molar-refractivity contribution is 7.13. The van der Waals surface area contributed by atoms with Gasteiger partial charge >= 0.3 is 5.97 Å². The van der Waals surface area contributed by atoms with Crippen LogP contribution in [0.2, 0.25) is 0 Å². The third-order valence-corrected chi connectivity index (χ3v) is 5.36. The molecule has 1 aliphatic heterocycles. The second kappa shape index (κ2) is 7.74. The van der Waals surface area contributed by atoms with Crippen LogP contribution in [-0.4, -0.2) is 64.4 Å². The first-order valence-corrected chi connectivity index (χ1v) is 8.83. The van der Waals surface area contributed by atoms with Crippen molar-refractivity contribution in [1.82, 2.24) is 14.8 Å². The first-order chi connectivity index (χ1) is 11.3. The van der Waals surface area contributed by atoms with Crippen molar-refractivity contribution in [2.75, 3.05) is 26.7 Å². The van der Waals surface area contributed by atoms with Crippen LogP contribution in [0.25, 0.3) is 0 Å². The van der Waals surface area contributed by atoms with Gasteiger partial charge in [-0.2, -0.15) is 0 Å². The van der Waals surface area contributed by atoms with Crippen LogP contribution in [0.5, 0.6) is 0 Å². The average molecular weight is 353 g/mol. The fourth-order valence-electron chi connectivity index (χ4n) is 2.62. The largest absolute Gasteiger partial charge is 0.481 e. The number of hydrogen-bond acceptors (Lipinski definition) is 5. The molecule has 0 aromatic carbocycles. The van der Waals surface area contributed by atoms with E-state index in [2.05, 4.69) is 4.98 Å². The lowest BCUT2D eigenvalue weighted by Crippen LogP contribution is -2.46. The zero-order valence-electron chi connectivity index (χ0n) is 14.2. The minimum absolute atomic E-state index is 0.0555. The van der Waals surface area contributed by atoms with Gasteiger partial charge in [0.15, 0.2) is 0 Å². The number of piperidine rings is 1. The van der Waals surface area contributed by atoms with Crippen LogP contribution in [0.3, 0.4) is 0 Å². The summed E-state index contributed by atoms with van der Waals surface area (Å²) < 4.78 is 0. The molecule has 1 saturated heterocycles. The van der Waals surface area contributed by atoms with E-state index in [1.807, 2.05) is 13.8 Å². The van der Waals surface area contributed by atoms with Gasteiger partial charge in [0.25, 0.3) is 5.91 Å². The first kappa shape index (κ1) is 18.4. The van der Waals surface area contributed by atoms with E-state index in [4.69, 9.17) is 5.11 Å². The Bertz CT molecular complexity index is 629. The van der Waals surface area contributed by atoms with Gasteiger partial charge in [0.05, 0.1) is 23.7 Å². The number of rotatable bonds is 5. The maximum atomic E-state index is 12.4. The van der Waals surface area contributed by atoms with Gasteiger partial charge in [-0.15, -0.1) is 11.3 Å². The Morgan fingerprint density at radius 3 is 2.75 bits per heavy atom. The van der Waals surface area contributed by atoms with Crippen molar-refractivity contribution in [3.63, 3.8) is 0 Å². The fraction of sp³-hybridized carbons (Fsp3) is 0.625. The number of aromatic nitrogens is 1. The van der Waals surface area contributed by atoms with Crippen LogP contribution in [0.15, 0.2) is 6.20 Å². The van der Waals surface area contributed by atoms with Crippen molar-refractivity contribution < 1.29 is 19.5 Å². The fourth-order valence-corrected chi connectivity index (χ4v) is 3.54. The molecule has 1 aliphatic rings. The SMILES string of the molecule is CC(C)c1ncc(C(=O)N(C)CC(=O)N2CCCC(C(=O)O)C2)s1. The number of carbonyl (C=O) groups is 3. The second-order valence-electron chi connectivity index (χ2n) is 6.40. The number of hydrogen-bond donors (Lipinski definition) is 1. The molecule has 0 saturated carbocycles. The van der Waals surface area contributed by atoms with E-state index in [0.29, 0.717) is 24.3 Å². The predicted octanol–water partition coefficient (Wildman–Crippen LogP) is 1.66. The molecule has 1 unspecified atom stereocenters. The maximum Gasteiger partial charge on any atom is 0.308 e. The van der Waals surface area contributed by atoms with Gasteiger partial charge < -0.3 is 14.9 Å². The molecule has 0 aliphatic carbocycles. The minimum Gasteiger partial charge on any atom is -0.481 e. The maximum absolute atomic E-state index is 12.4. The van der Waals surface area contributed by atoms with E-state index in [-0.39, 0.29) is 30.8 Å². The number of aliphatic carboxylic acids is 1. The van der Waals surface area contributed by atoms with Crippen LogP contribution in [0.4, 0.5) is 0 Å². The molecule has 7 nitrogen and oxygen atoms in total. The van der Waals surface area contributed by atoms with E-state index >= 15 is 0 Å². The number of likely N-dealkylation sites (N-methyl/N-ethyl adjacent to an activating group) is 1. The third kappa shape index (κ3) is 4.31. The summed E-state index contributed by atoms with van der Waals surface area (Å²) in [6, 6.07) is 0. The molecule has 1 N–H and O–H groups in total. The summed E-state index contributed by atoms with van der Waals surface area (Å²) in [7, 11) is 1.58. The molecule has 2 amide bonds. The Labute approximate surface area is 145 Å². The molecular weight excluding hydrogens is 330 g/mol. The second-order valence-corrected chi connectivity index (χ2v) is 7.46. The minimum atomic E-state index is -0.872. The lowest BCUT2D eigenvalue weighted by molar-refractivity contribution is -0.145. The number of likely N-dealkylation sites (tertiary alicyclic amines) is 1. The van der Waals surface area contributed by atoms with Crippen LogP contribution >= 0.6 is 11.3 Å². The molecule has 0 radical (unpaired) electrons. The highest BCUT2D eigenvalue weighted by Crippen LogP contribution is 2.22. The van der Waals surface area contributed by atoms with E-state index in [1.54, 1.807) is 13.2 Å². The summed E-state index contributed by atoms with van der Waals surface area (Å²) in [5, 5.41) is 9.98. The highest BCUT2D eigenvalue weighted by Gasteiger charge is 2.29. The van der Waals surface area contributed by atoms with Crippen molar-refractivity contribution in [3.8, 4) is 0 Å². The molecule has 24 heavy (non-hydrogen) atoms. The van der Waals surface area contributed by atoms with Crippen molar-refractivity contribution in [3.05, 3.63) is 16.1 Å². The normalized spacial score (nSPS) is 17.8. The van der Waals surface area contributed by atoms with Gasteiger partial charge in [-0.1, -0.05) is 13.8 Å². The topological polar surface area (TPSA) is 90.8 Å². The number of carboxylic acid groups (broad SMARTS) is 1. The highest BCUT2D eigenvalue weighted by atomic mass is 32.1.